The summed E-state index contributed by atoms with van der Waals surface area (Å²) in [6.45, 7) is 7.27. The van der Waals surface area contributed by atoms with Crippen LogP contribution >= 0.6 is 0 Å². The summed E-state index contributed by atoms with van der Waals surface area (Å²) in [5.41, 5.74) is -3.44. The van der Waals surface area contributed by atoms with Crippen LogP contribution in [0.1, 0.15) is 27.7 Å². The van der Waals surface area contributed by atoms with Crippen LogP contribution in [-0.2, 0) is 28.5 Å². The average Bonchev–Trinajstić information content (AvgIpc) is 2.51. The summed E-state index contributed by atoms with van der Waals surface area (Å²) >= 11 is 0. The first-order chi connectivity index (χ1) is 9.18. The molecule has 6 rings (SSSR count). The fourth-order valence-corrected chi connectivity index (χ4v) is 5.86. The molecule has 20 heavy (non-hydrogen) atoms. The molecule has 2 aliphatic carbocycles. The summed E-state index contributed by atoms with van der Waals surface area (Å²) < 4.78 is 23.8. The van der Waals surface area contributed by atoms with E-state index in [0.29, 0.717) is 0 Å². The number of esters is 2. The zero-order chi connectivity index (χ0) is 14.3. The summed E-state index contributed by atoms with van der Waals surface area (Å²) in [5.74, 6) is -1.73. The third kappa shape index (κ3) is 0.757. The second-order valence-electron chi connectivity index (χ2n) is 7.44. The van der Waals surface area contributed by atoms with E-state index in [1.54, 1.807) is 0 Å². The first kappa shape index (κ1) is 11.5. The summed E-state index contributed by atoms with van der Waals surface area (Å²) in [7, 11) is 0. The third-order valence-electron chi connectivity index (χ3n) is 6.19. The molecule has 0 aromatic rings. The molecule has 6 heteroatoms. The number of hydrogen-bond donors (Lipinski definition) is 0. The van der Waals surface area contributed by atoms with E-state index in [1.807, 2.05) is 27.7 Å². The van der Waals surface area contributed by atoms with Crippen molar-refractivity contribution in [2.75, 3.05) is 0 Å². The first-order valence-electron chi connectivity index (χ1n) is 6.99. The van der Waals surface area contributed by atoms with E-state index in [9.17, 15) is 9.59 Å². The maximum atomic E-state index is 12.4. The number of ether oxygens (including phenoxy) is 4. The molecule has 4 heterocycles. The lowest BCUT2D eigenvalue weighted by Crippen LogP contribution is -2.86. The highest BCUT2D eigenvalue weighted by molar-refractivity contribution is 5.86. The molecule has 0 N–H and O–H groups in total. The molecular formula is C14H16O6. The number of rotatable bonds is 0. The molecule has 0 spiro atoms. The van der Waals surface area contributed by atoms with Crippen molar-refractivity contribution < 1.29 is 28.5 Å². The van der Waals surface area contributed by atoms with Crippen LogP contribution in [0.5, 0.6) is 0 Å². The van der Waals surface area contributed by atoms with E-state index < -0.39 is 46.4 Å². The van der Waals surface area contributed by atoms with Gasteiger partial charge < -0.3 is 18.9 Å². The SMILES string of the molecule is CC12OC3(C)C4OC(=O)C1C1(C)OC4(C)C3C(=O)OC21. The lowest BCUT2D eigenvalue weighted by Gasteiger charge is -2.69. The second-order valence-corrected chi connectivity index (χ2v) is 7.44. The second kappa shape index (κ2) is 2.52. The minimum absolute atomic E-state index is 0.305. The van der Waals surface area contributed by atoms with Crippen LogP contribution in [0.25, 0.3) is 0 Å². The number of carbonyl (C=O) groups excluding carboxylic acids is 2. The molecule has 0 aromatic carbocycles. The van der Waals surface area contributed by atoms with Crippen molar-refractivity contribution in [2.24, 2.45) is 11.8 Å². The van der Waals surface area contributed by atoms with Crippen molar-refractivity contribution in [3.05, 3.63) is 0 Å². The topological polar surface area (TPSA) is 71.1 Å². The Balaban J connectivity index is 1.85. The van der Waals surface area contributed by atoms with Gasteiger partial charge in [0.1, 0.15) is 34.2 Å². The molecular weight excluding hydrogens is 264 g/mol. The summed E-state index contributed by atoms with van der Waals surface area (Å²) in [6, 6.07) is 0. The quantitative estimate of drug-likeness (QED) is 0.589. The van der Waals surface area contributed by atoms with E-state index in [2.05, 4.69) is 0 Å². The van der Waals surface area contributed by atoms with Gasteiger partial charge in [0, 0.05) is 0 Å². The summed E-state index contributed by atoms with van der Waals surface area (Å²) in [5, 5.41) is 0. The van der Waals surface area contributed by atoms with E-state index in [0.717, 1.165) is 0 Å². The summed E-state index contributed by atoms with van der Waals surface area (Å²) in [4.78, 5) is 24.9. The molecule has 6 nitrogen and oxygen atoms in total. The number of carbonyl (C=O) groups is 2. The molecule has 6 aliphatic rings. The van der Waals surface area contributed by atoms with Crippen LogP contribution in [0.15, 0.2) is 0 Å². The van der Waals surface area contributed by atoms with Gasteiger partial charge in [-0.3, -0.25) is 9.59 Å². The fourth-order valence-electron chi connectivity index (χ4n) is 5.86. The van der Waals surface area contributed by atoms with Crippen molar-refractivity contribution in [3.8, 4) is 0 Å². The van der Waals surface area contributed by atoms with Crippen LogP contribution in [0, 0.1) is 11.8 Å². The van der Waals surface area contributed by atoms with Gasteiger partial charge in [0.05, 0.1) is 0 Å². The fraction of sp³-hybridized carbons (Fsp3) is 0.857. The zero-order valence-electron chi connectivity index (χ0n) is 11.8. The van der Waals surface area contributed by atoms with Gasteiger partial charge in [-0.25, -0.2) is 0 Å². The van der Waals surface area contributed by atoms with Crippen molar-refractivity contribution in [3.63, 3.8) is 0 Å². The highest BCUT2D eigenvalue weighted by Crippen LogP contribution is 2.71. The Kier molecular flexibility index (Phi) is 1.45. The third-order valence-corrected chi connectivity index (χ3v) is 6.19. The van der Waals surface area contributed by atoms with Crippen LogP contribution < -0.4 is 0 Å². The molecule has 6 fully saturated rings. The first-order valence-corrected chi connectivity index (χ1v) is 6.99. The highest BCUT2D eigenvalue weighted by atomic mass is 16.7. The van der Waals surface area contributed by atoms with Gasteiger partial charge >= 0.3 is 11.9 Å². The van der Waals surface area contributed by atoms with E-state index in [-0.39, 0.29) is 11.9 Å². The molecule has 4 unspecified atom stereocenters. The Morgan fingerprint density at radius 3 is 1.30 bits per heavy atom. The molecule has 0 aromatic heterocycles. The molecule has 0 radical (unpaired) electrons. The Morgan fingerprint density at radius 1 is 0.700 bits per heavy atom. The molecule has 4 atom stereocenters. The number of fused-ring (bicyclic) bond motifs is 2. The van der Waals surface area contributed by atoms with Crippen LogP contribution in [-0.4, -0.2) is 46.6 Å². The molecule has 108 valence electrons. The lowest BCUT2D eigenvalue weighted by atomic mass is 9.52. The van der Waals surface area contributed by atoms with E-state index in [1.165, 1.54) is 0 Å². The lowest BCUT2D eigenvalue weighted by molar-refractivity contribution is -0.429. The van der Waals surface area contributed by atoms with Crippen molar-refractivity contribution >= 4 is 11.9 Å². The smallest absolute Gasteiger partial charge is 0.315 e. The van der Waals surface area contributed by atoms with Gasteiger partial charge in [-0.15, -0.1) is 0 Å². The normalized spacial score (nSPS) is 68.4. The van der Waals surface area contributed by atoms with Gasteiger partial charge in [-0.2, -0.15) is 0 Å². The Labute approximate surface area is 115 Å². The molecule has 4 saturated heterocycles. The minimum atomic E-state index is -0.860. The largest absolute Gasteiger partial charge is 0.456 e. The van der Waals surface area contributed by atoms with Crippen LogP contribution in [0.3, 0.4) is 0 Å². The van der Waals surface area contributed by atoms with Gasteiger partial charge in [-0.1, -0.05) is 0 Å². The zero-order valence-corrected chi connectivity index (χ0v) is 11.8. The molecule has 8 bridgehead atoms. The molecule has 2 saturated carbocycles. The van der Waals surface area contributed by atoms with E-state index >= 15 is 0 Å². The number of hydrogen-bond acceptors (Lipinski definition) is 6. The van der Waals surface area contributed by atoms with Crippen molar-refractivity contribution in [1.82, 2.24) is 0 Å². The van der Waals surface area contributed by atoms with Gasteiger partial charge in [-0.05, 0) is 27.7 Å². The van der Waals surface area contributed by atoms with Crippen LogP contribution in [0.4, 0.5) is 0 Å². The standard InChI is InChI=1S/C14H16O6/c1-11-5-7(15)18-10-13(3,19-11)6-8(16)17-9(11)12(5,2)20-14(6,10)4/h5-6,9-10H,1-4H3. The van der Waals surface area contributed by atoms with Crippen molar-refractivity contribution in [2.45, 2.75) is 62.3 Å². The monoisotopic (exact) mass is 280 g/mol. The maximum Gasteiger partial charge on any atom is 0.315 e. The highest BCUT2D eigenvalue weighted by Gasteiger charge is 2.91. The van der Waals surface area contributed by atoms with Gasteiger partial charge in [0.15, 0.2) is 12.2 Å². The van der Waals surface area contributed by atoms with Gasteiger partial charge in [0.2, 0.25) is 0 Å². The Hall–Kier alpha value is -1.14. The predicted octanol–water partition coefficient (Wildman–Crippen LogP) is 0.178. The maximum absolute atomic E-state index is 12.4. The Morgan fingerprint density at radius 2 is 1.00 bits per heavy atom. The molecule has 0 amide bonds. The van der Waals surface area contributed by atoms with Crippen molar-refractivity contribution in [1.29, 1.82) is 0 Å². The minimum Gasteiger partial charge on any atom is -0.456 e. The average molecular weight is 280 g/mol. The predicted molar refractivity (Wildman–Crippen MR) is 62.5 cm³/mol. The van der Waals surface area contributed by atoms with Gasteiger partial charge in [0.25, 0.3) is 0 Å². The Bertz CT molecular complexity index is 518. The van der Waals surface area contributed by atoms with Crippen LogP contribution in [0.2, 0.25) is 0 Å². The van der Waals surface area contributed by atoms with E-state index in [4.69, 9.17) is 18.9 Å². The molecule has 4 aliphatic heterocycles. The summed E-state index contributed by atoms with van der Waals surface area (Å²) in [6.07, 6.45) is -1.13.